The van der Waals surface area contributed by atoms with Gasteiger partial charge in [0, 0.05) is 23.8 Å². The van der Waals surface area contributed by atoms with Crippen molar-refractivity contribution in [3.05, 3.63) is 22.4 Å². The minimum atomic E-state index is -0.543. The van der Waals surface area contributed by atoms with Gasteiger partial charge in [-0.2, -0.15) is 0 Å². The second kappa shape index (κ2) is 6.41. The largest absolute Gasteiger partial charge is 0.451 e. The van der Waals surface area contributed by atoms with Crippen molar-refractivity contribution in [1.82, 2.24) is 9.88 Å². The van der Waals surface area contributed by atoms with Crippen LogP contribution in [0.4, 0.5) is 0 Å². The van der Waals surface area contributed by atoms with E-state index in [1.165, 1.54) is 0 Å². The Morgan fingerprint density at radius 2 is 2.10 bits per heavy atom. The topological polar surface area (TPSA) is 71.6 Å². The van der Waals surface area contributed by atoms with Crippen molar-refractivity contribution in [1.29, 1.82) is 0 Å². The van der Waals surface area contributed by atoms with E-state index in [0.717, 1.165) is 4.47 Å². The Morgan fingerprint density at radius 3 is 2.65 bits per heavy atom. The Hall–Kier alpha value is -1.34. The summed E-state index contributed by atoms with van der Waals surface area (Å²) in [7, 11) is 0. The van der Waals surface area contributed by atoms with Crippen LogP contribution in [-0.2, 0) is 14.3 Å². The van der Waals surface area contributed by atoms with Crippen molar-refractivity contribution >= 4 is 27.8 Å². The van der Waals surface area contributed by atoms with E-state index in [1.54, 1.807) is 17.2 Å². The molecule has 0 bridgehead atoms. The molecule has 0 aromatic carbocycles. The maximum absolute atomic E-state index is 12.0. The van der Waals surface area contributed by atoms with Crippen LogP contribution >= 0.6 is 15.9 Å². The monoisotopic (exact) mass is 344 g/mol. The van der Waals surface area contributed by atoms with E-state index in [4.69, 9.17) is 9.47 Å². The number of aromatic nitrogens is 1. The Kier molecular flexibility index (Phi) is 4.82. The van der Waals surface area contributed by atoms with E-state index in [9.17, 15) is 9.59 Å². The van der Waals surface area contributed by atoms with Crippen LogP contribution in [0.3, 0.4) is 0 Å². The van der Waals surface area contributed by atoms with Gasteiger partial charge in [-0.05, 0) is 35.8 Å². The highest BCUT2D eigenvalue weighted by molar-refractivity contribution is 9.10. The minimum Gasteiger partial charge on any atom is -0.451 e. The predicted octanol–water partition coefficient (Wildman–Crippen LogP) is 1.57. The molecular weight excluding hydrogens is 328 g/mol. The number of rotatable bonds is 3. The predicted molar refractivity (Wildman–Crippen MR) is 75.4 cm³/mol. The Bertz CT molecular complexity index is 492. The fraction of sp³-hybridized carbons (Fsp3) is 0.538. The highest BCUT2D eigenvalue weighted by Crippen LogP contribution is 2.13. The molecule has 1 saturated heterocycles. The van der Waals surface area contributed by atoms with Gasteiger partial charge in [-0.3, -0.25) is 4.79 Å². The number of hydrogen-bond acceptors (Lipinski definition) is 4. The molecular formula is C13H17BrN2O4. The SMILES string of the molecule is CC1CN(C(=O)COC(=O)c2cc(Br)c[nH]2)CC(C)O1. The summed E-state index contributed by atoms with van der Waals surface area (Å²) in [6.07, 6.45) is 1.62. The van der Waals surface area contributed by atoms with Crippen LogP contribution < -0.4 is 0 Å². The molecule has 2 atom stereocenters. The summed E-state index contributed by atoms with van der Waals surface area (Å²) in [5.74, 6) is -0.746. The molecule has 7 heteroatoms. The van der Waals surface area contributed by atoms with Crippen LogP contribution in [0.15, 0.2) is 16.7 Å². The van der Waals surface area contributed by atoms with Crippen molar-refractivity contribution < 1.29 is 19.1 Å². The fourth-order valence-electron chi connectivity index (χ4n) is 2.16. The number of morpholine rings is 1. The molecule has 1 fully saturated rings. The highest BCUT2D eigenvalue weighted by Gasteiger charge is 2.26. The van der Waals surface area contributed by atoms with Gasteiger partial charge in [0.15, 0.2) is 6.61 Å². The van der Waals surface area contributed by atoms with Crippen LogP contribution in [0.25, 0.3) is 0 Å². The number of carbonyl (C=O) groups is 2. The van der Waals surface area contributed by atoms with E-state index in [2.05, 4.69) is 20.9 Å². The molecule has 1 aliphatic heterocycles. The summed E-state index contributed by atoms with van der Waals surface area (Å²) in [4.78, 5) is 28.1. The third-order valence-electron chi connectivity index (χ3n) is 2.97. The lowest BCUT2D eigenvalue weighted by molar-refractivity contribution is -0.146. The Balaban J connectivity index is 1.84. The van der Waals surface area contributed by atoms with Crippen molar-refractivity contribution in [2.75, 3.05) is 19.7 Å². The highest BCUT2D eigenvalue weighted by atomic mass is 79.9. The number of hydrogen-bond donors (Lipinski definition) is 1. The first-order chi connectivity index (χ1) is 9.45. The third kappa shape index (κ3) is 3.83. The van der Waals surface area contributed by atoms with Gasteiger partial charge in [0.25, 0.3) is 5.91 Å². The third-order valence-corrected chi connectivity index (χ3v) is 3.42. The lowest BCUT2D eigenvalue weighted by atomic mass is 10.2. The molecule has 110 valence electrons. The van der Waals surface area contributed by atoms with Crippen molar-refractivity contribution in [2.24, 2.45) is 0 Å². The van der Waals surface area contributed by atoms with E-state index in [-0.39, 0.29) is 24.7 Å². The number of halogens is 1. The average molecular weight is 345 g/mol. The molecule has 1 N–H and O–H groups in total. The van der Waals surface area contributed by atoms with E-state index < -0.39 is 5.97 Å². The van der Waals surface area contributed by atoms with Crippen LogP contribution in [0.1, 0.15) is 24.3 Å². The molecule has 1 amide bonds. The number of nitrogens with one attached hydrogen (secondary N) is 1. The van der Waals surface area contributed by atoms with Crippen LogP contribution in [0.5, 0.6) is 0 Å². The van der Waals surface area contributed by atoms with Gasteiger partial charge in [-0.15, -0.1) is 0 Å². The number of carbonyl (C=O) groups excluding carboxylic acids is 2. The van der Waals surface area contributed by atoms with Gasteiger partial charge in [0.1, 0.15) is 5.69 Å². The zero-order chi connectivity index (χ0) is 14.7. The Morgan fingerprint density at radius 1 is 1.45 bits per heavy atom. The molecule has 0 radical (unpaired) electrons. The number of aromatic amines is 1. The first-order valence-electron chi connectivity index (χ1n) is 6.40. The molecule has 20 heavy (non-hydrogen) atoms. The van der Waals surface area contributed by atoms with Gasteiger partial charge in [-0.1, -0.05) is 0 Å². The molecule has 2 unspecified atom stereocenters. The number of amides is 1. The molecule has 2 rings (SSSR count). The quantitative estimate of drug-likeness (QED) is 0.845. The number of ether oxygens (including phenoxy) is 2. The maximum atomic E-state index is 12.0. The van der Waals surface area contributed by atoms with Gasteiger partial charge in [0.2, 0.25) is 0 Å². The maximum Gasteiger partial charge on any atom is 0.355 e. The zero-order valence-electron chi connectivity index (χ0n) is 11.4. The molecule has 2 heterocycles. The van der Waals surface area contributed by atoms with Crippen molar-refractivity contribution in [2.45, 2.75) is 26.1 Å². The zero-order valence-corrected chi connectivity index (χ0v) is 13.0. The molecule has 1 aromatic heterocycles. The van der Waals surface area contributed by atoms with Crippen LogP contribution in [-0.4, -0.2) is 53.7 Å². The number of H-pyrrole nitrogens is 1. The fourth-order valence-corrected chi connectivity index (χ4v) is 2.51. The van der Waals surface area contributed by atoms with Crippen LogP contribution in [0, 0.1) is 0 Å². The van der Waals surface area contributed by atoms with Crippen molar-refractivity contribution in [3.8, 4) is 0 Å². The molecule has 0 saturated carbocycles. The average Bonchev–Trinajstić information content (AvgIpc) is 2.81. The standard InChI is InChI=1S/C13H17BrN2O4/c1-8-5-16(6-9(2)20-8)12(17)7-19-13(18)11-3-10(14)4-15-11/h3-4,8-9,15H,5-7H2,1-2H3. The normalized spacial score (nSPS) is 22.6. The smallest absolute Gasteiger partial charge is 0.355 e. The number of esters is 1. The summed E-state index contributed by atoms with van der Waals surface area (Å²) in [6.45, 7) is 4.62. The van der Waals surface area contributed by atoms with E-state index in [0.29, 0.717) is 18.8 Å². The molecule has 0 aliphatic carbocycles. The van der Waals surface area contributed by atoms with Crippen LogP contribution in [0.2, 0.25) is 0 Å². The van der Waals surface area contributed by atoms with E-state index >= 15 is 0 Å². The summed E-state index contributed by atoms with van der Waals surface area (Å²) in [5.41, 5.74) is 0.313. The molecule has 1 aromatic rings. The second-order valence-corrected chi connectivity index (χ2v) is 5.78. The number of nitrogens with zero attached hydrogens (tertiary/aromatic N) is 1. The van der Waals surface area contributed by atoms with Crippen molar-refractivity contribution in [3.63, 3.8) is 0 Å². The summed E-state index contributed by atoms with van der Waals surface area (Å²) < 4.78 is 11.3. The molecule has 0 spiro atoms. The summed E-state index contributed by atoms with van der Waals surface area (Å²) >= 11 is 3.23. The second-order valence-electron chi connectivity index (χ2n) is 4.86. The minimum absolute atomic E-state index is 0.00207. The summed E-state index contributed by atoms with van der Waals surface area (Å²) in [5, 5.41) is 0. The van der Waals surface area contributed by atoms with E-state index in [1.807, 2.05) is 13.8 Å². The van der Waals surface area contributed by atoms with Gasteiger partial charge in [0.05, 0.1) is 12.2 Å². The van der Waals surface area contributed by atoms with Gasteiger partial charge in [-0.25, -0.2) is 4.79 Å². The lowest BCUT2D eigenvalue weighted by Gasteiger charge is -2.35. The Labute approximate surface area is 125 Å². The summed E-state index contributed by atoms with van der Waals surface area (Å²) in [6, 6.07) is 1.60. The first-order valence-corrected chi connectivity index (χ1v) is 7.19. The lowest BCUT2D eigenvalue weighted by Crippen LogP contribution is -2.49. The first kappa shape index (κ1) is 15.1. The van der Waals surface area contributed by atoms with Gasteiger partial charge >= 0.3 is 5.97 Å². The molecule has 6 nitrogen and oxygen atoms in total. The van der Waals surface area contributed by atoms with Gasteiger partial charge < -0.3 is 19.4 Å². The molecule has 1 aliphatic rings.